The molecule has 28 heavy (non-hydrogen) atoms. The van der Waals surface area contributed by atoms with Gasteiger partial charge in [-0.1, -0.05) is 0 Å². The topological polar surface area (TPSA) is 124 Å². The van der Waals surface area contributed by atoms with Gasteiger partial charge in [-0.25, -0.2) is 4.79 Å². The van der Waals surface area contributed by atoms with Gasteiger partial charge in [0.25, 0.3) is 5.91 Å². The molecule has 2 aromatic rings. The lowest BCUT2D eigenvalue weighted by Gasteiger charge is -2.28. The van der Waals surface area contributed by atoms with E-state index in [2.05, 4.69) is 10.2 Å². The number of ether oxygens (including phenoxy) is 2. The Kier molecular flexibility index (Phi) is 5.90. The van der Waals surface area contributed by atoms with Crippen molar-refractivity contribution in [2.24, 2.45) is 0 Å². The van der Waals surface area contributed by atoms with Crippen LogP contribution in [0.15, 0.2) is 40.8 Å². The first-order valence-corrected chi connectivity index (χ1v) is 8.63. The average Bonchev–Trinajstić information content (AvgIpc) is 3.20. The van der Waals surface area contributed by atoms with Crippen LogP contribution >= 0.6 is 0 Å². The molecule has 10 nitrogen and oxygen atoms in total. The minimum absolute atomic E-state index is 0.346. The van der Waals surface area contributed by atoms with Gasteiger partial charge in [0.2, 0.25) is 5.76 Å². The molecule has 0 saturated carbocycles. The van der Waals surface area contributed by atoms with E-state index in [1.165, 1.54) is 6.92 Å². The van der Waals surface area contributed by atoms with Crippen LogP contribution in [0.3, 0.4) is 0 Å². The number of carbonyl (C=O) groups is 2. The number of nitrogens with zero attached hydrogens (tertiary/aromatic N) is 2. The minimum Gasteiger partial charge on any atom is -0.447 e. The number of morpholine rings is 1. The van der Waals surface area contributed by atoms with Crippen LogP contribution in [0.5, 0.6) is 0 Å². The largest absolute Gasteiger partial charge is 0.447 e. The molecule has 1 fully saturated rings. The van der Waals surface area contributed by atoms with Gasteiger partial charge in [0.15, 0.2) is 6.10 Å². The van der Waals surface area contributed by atoms with Gasteiger partial charge in [0.05, 0.1) is 19.3 Å². The molecule has 1 amide bonds. The second-order valence-electron chi connectivity index (χ2n) is 6.08. The Bertz CT molecular complexity index is 856. The first-order valence-electron chi connectivity index (χ1n) is 8.63. The van der Waals surface area contributed by atoms with Crippen LogP contribution in [0.2, 0.25) is 0 Å². The SMILES string of the molecule is C[C@H](OC(=O)c1ccc([N+](=O)[O-])o1)C(=O)Nc1ccc(N2CCOCC2)cc1. The zero-order valence-corrected chi connectivity index (χ0v) is 15.1. The molecule has 0 radical (unpaired) electrons. The molecule has 2 heterocycles. The molecule has 0 bridgehead atoms. The lowest BCUT2D eigenvalue weighted by Crippen LogP contribution is -2.36. The number of hydrogen-bond acceptors (Lipinski definition) is 8. The summed E-state index contributed by atoms with van der Waals surface area (Å²) < 4.78 is 15.1. The Hall–Kier alpha value is -3.40. The highest BCUT2D eigenvalue weighted by Crippen LogP contribution is 2.20. The maximum Gasteiger partial charge on any atom is 0.433 e. The van der Waals surface area contributed by atoms with E-state index in [0.29, 0.717) is 18.9 Å². The lowest BCUT2D eigenvalue weighted by molar-refractivity contribution is -0.402. The number of carbonyl (C=O) groups excluding carboxylic acids is 2. The van der Waals surface area contributed by atoms with E-state index in [4.69, 9.17) is 13.9 Å². The van der Waals surface area contributed by atoms with Crippen LogP contribution in [0.25, 0.3) is 0 Å². The highest BCUT2D eigenvalue weighted by atomic mass is 16.7. The third kappa shape index (κ3) is 4.65. The summed E-state index contributed by atoms with van der Waals surface area (Å²) in [7, 11) is 0. The molecular formula is C18H19N3O7. The van der Waals surface area contributed by atoms with Crippen LogP contribution in [0.1, 0.15) is 17.5 Å². The number of hydrogen-bond donors (Lipinski definition) is 1. The quantitative estimate of drug-likeness (QED) is 0.453. The van der Waals surface area contributed by atoms with Gasteiger partial charge in [-0.3, -0.25) is 14.9 Å². The number of nitrogens with one attached hydrogen (secondary N) is 1. The Morgan fingerprint density at radius 1 is 1.18 bits per heavy atom. The van der Waals surface area contributed by atoms with Crippen molar-refractivity contribution in [1.29, 1.82) is 0 Å². The van der Waals surface area contributed by atoms with E-state index in [9.17, 15) is 19.7 Å². The van der Waals surface area contributed by atoms with Crippen molar-refractivity contribution in [3.05, 3.63) is 52.3 Å². The first kappa shape index (κ1) is 19.4. The van der Waals surface area contributed by atoms with Crippen molar-refractivity contribution in [3.63, 3.8) is 0 Å². The van der Waals surface area contributed by atoms with Crippen molar-refractivity contribution < 1.29 is 28.4 Å². The third-order valence-corrected chi connectivity index (χ3v) is 4.14. The fourth-order valence-corrected chi connectivity index (χ4v) is 2.63. The van der Waals surface area contributed by atoms with Crippen molar-refractivity contribution >= 4 is 29.1 Å². The number of benzene rings is 1. The van der Waals surface area contributed by atoms with Crippen molar-refractivity contribution in [2.45, 2.75) is 13.0 Å². The Morgan fingerprint density at radius 3 is 2.46 bits per heavy atom. The third-order valence-electron chi connectivity index (χ3n) is 4.14. The summed E-state index contributed by atoms with van der Waals surface area (Å²) in [6, 6.07) is 9.45. The summed E-state index contributed by atoms with van der Waals surface area (Å²) in [6.45, 7) is 4.38. The summed E-state index contributed by atoms with van der Waals surface area (Å²) in [5, 5.41) is 13.2. The number of furan rings is 1. The molecule has 0 spiro atoms. The van der Waals surface area contributed by atoms with Crippen molar-refractivity contribution in [1.82, 2.24) is 0 Å². The molecule has 148 valence electrons. The van der Waals surface area contributed by atoms with E-state index in [1.807, 2.05) is 12.1 Å². The molecule has 0 unspecified atom stereocenters. The molecule has 0 aliphatic carbocycles. The summed E-state index contributed by atoms with van der Waals surface area (Å²) in [4.78, 5) is 36.2. The summed E-state index contributed by atoms with van der Waals surface area (Å²) in [5.41, 5.74) is 1.58. The highest BCUT2D eigenvalue weighted by Gasteiger charge is 2.23. The van der Waals surface area contributed by atoms with Gasteiger partial charge in [0.1, 0.15) is 4.92 Å². The molecule has 1 aromatic heterocycles. The second kappa shape index (κ2) is 8.53. The lowest BCUT2D eigenvalue weighted by atomic mass is 10.2. The highest BCUT2D eigenvalue weighted by molar-refractivity contribution is 5.96. The molecule has 1 aliphatic heterocycles. The van der Waals surface area contributed by atoms with E-state index < -0.39 is 28.8 Å². The van der Waals surface area contributed by atoms with Crippen LogP contribution in [-0.2, 0) is 14.3 Å². The molecule has 1 aromatic carbocycles. The first-order chi connectivity index (χ1) is 13.4. The molecule has 3 rings (SSSR count). The van der Waals surface area contributed by atoms with Gasteiger partial charge in [-0.05, 0) is 37.3 Å². The predicted octanol–water partition coefficient (Wildman–Crippen LogP) is 2.21. The second-order valence-corrected chi connectivity index (χ2v) is 6.08. The van der Waals surface area contributed by atoms with Gasteiger partial charge in [-0.2, -0.15) is 0 Å². The van der Waals surface area contributed by atoms with E-state index in [-0.39, 0.29) is 5.76 Å². The minimum atomic E-state index is -1.12. The number of nitro groups is 1. The molecule has 1 saturated heterocycles. The van der Waals surface area contributed by atoms with Gasteiger partial charge >= 0.3 is 11.9 Å². The molecule has 1 N–H and O–H groups in total. The zero-order valence-electron chi connectivity index (χ0n) is 15.1. The Labute approximate surface area is 160 Å². The smallest absolute Gasteiger partial charge is 0.433 e. The standard InChI is InChI=1S/C18H19N3O7/c1-12(27-18(23)15-6-7-16(28-15)21(24)25)17(22)19-13-2-4-14(5-3-13)20-8-10-26-11-9-20/h2-7,12H,8-11H2,1H3,(H,19,22)/t12-/m0/s1. The molecule has 1 atom stereocenters. The summed E-state index contributed by atoms with van der Waals surface area (Å²) in [5.74, 6) is -2.42. The van der Waals surface area contributed by atoms with Gasteiger partial charge in [-0.15, -0.1) is 0 Å². The summed E-state index contributed by atoms with van der Waals surface area (Å²) >= 11 is 0. The fraction of sp³-hybridized carbons (Fsp3) is 0.333. The van der Waals surface area contributed by atoms with Gasteiger partial charge < -0.3 is 24.1 Å². The Morgan fingerprint density at radius 2 is 1.86 bits per heavy atom. The number of anilines is 2. The normalized spacial score (nSPS) is 15.0. The van der Waals surface area contributed by atoms with E-state index in [0.717, 1.165) is 30.9 Å². The van der Waals surface area contributed by atoms with Crippen LogP contribution in [0, 0.1) is 10.1 Å². The van der Waals surface area contributed by atoms with Crippen molar-refractivity contribution in [3.8, 4) is 0 Å². The van der Waals surface area contributed by atoms with Crippen molar-refractivity contribution in [2.75, 3.05) is 36.5 Å². The molecule has 1 aliphatic rings. The molecular weight excluding hydrogens is 370 g/mol. The number of amides is 1. The maximum absolute atomic E-state index is 12.2. The predicted molar refractivity (Wildman–Crippen MR) is 98.3 cm³/mol. The maximum atomic E-state index is 12.2. The fourth-order valence-electron chi connectivity index (χ4n) is 2.63. The monoisotopic (exact) mass is 389 g/mol. The molecule has 10 heteroatoms. The average molecular weight is 389 g/mol. The van der Waals surface area contributed by atoms with Crippen LogP contribution in [-0.4, -0.2) is 49.2 Å². The van der Waals surface area contributed by atoms with E-state index >= 15 is 0 Å². The number of esters is 1. The van der Waals surface area contributed by atoms with Crippen LogP contribution in [0.4, 0.5) is 17.3 Å². The van der Waals surface area contributed by atoms with E-state index in [1.54, 1.807) is 12.1 Å². The number of rotatable bonds is 6. The van der Waals surface area contributed by atoms with Crippen LogP contribution < -0.4 is 10.2 Å². The Balaban J connectivity index is 1.54. The zero-order chi connectivity index (χ0) is 20.1. The van der Waals surface area contributed by atoms with Gasteiger partial charge in [0, 0.05) is 24.5 Å². The summed E-state index contributed by atoms with van der Waals surface area (Å²) in [6.07, 6.45) is -1.12.